The lowest BCUT2D eigenvalue weighted by Crippen LogP contribution is -2.33. The second kappa shape index (κ2) is 5.76. The van der Waals surface area contributed by atoms with E-state index in [-0.39, 0.29) is 30.6 Å². The normalized spacial score (nSPS) is 20.9. The van der Waals surface area contributed by atoms with Crippen molar-refractivity contribution in [3.63, 3.8) is 0 Å². The van der Waals surface area contributed by atoms with Crippen LogP contribution in [0.1, 0.15) is 48.4 Å². The summed E-state index contributed by atoms with van der Waals surface area (Å²) >= 11 is 0. The van der Waals surface area contributed by atoms with Gasteiger partial charge >= 0.3 is 0 Å². The second-order valence-electron chi connectivity index (χ2n) is 5.94. The lowest BCUT2D eigenvalue weighted by molar-refractivity contribution is -0.0496. The van der Waals surface area contributed by atoms with Gasteiger partial charge in [-0.15, -0.1) is 0 Å². The molecule has 1 atom stereocenters. The van der Waals surface area contributed by atoms with Crippen molar-refractivity contribution in [3.05, 3.63) is 34.6 Å². The number of hydrogen-bond donors (Lipinski definition) is 1. The van der Waals surface area contributed by atoms with Crippen molar-refractivity contribution in [1.29, 1.82) is 0 Å². The molecule has 2 rings (SSSR count). The first-order valence-electron chi connectivity index (χ1n) is 7.16. The summed E-state index contributed by atoms with van der Waals surface area (Å²) in [6.07, 6.45) is 0.682. The Hall–Kier alpha value is -1.03. The number of alkyl halides is 2. The summed E-state index contributed by atoms with van der Waals surface area (Å²) in [5, 5.41) is 3.13. The first kappa shape index (κ1) is 15.4. The lowest BCUT2D eigenvalue weighted by Gasteiger charge is -2.34. The molecule has 1 unspecified atom stereocenters. The molecule has 1 saturated carbocycles. The van der Waals surface area contributed by atoms with Crippen LogP contribution < -0.4 is 5.32 Å². The molecule has 20 heavy (non-hydrogen) atoms. The zero-order chi connectivity index (χ0) is 14.9. The Bertz CT molecular complexity index is 452. The Morgan fingerprint density at radius 3 is 2.30 bits per heavy atom. The average molecular weight is 285 g/mol. The predicted molar refractivity (Wildman–Crippen MR) is 74.6 cm³/mol. The van der Waals surface area contributed by atoms with Crippen LogP contribution in [-0.2, 0) is 0 Å². The zero-order valence-electron chi connectivity index (χ0n) is 12.3. The summed E-state index contributed by atoms with van der Waals surface area (Å²) in [6, 6.07) is 3.27. The Kier molecular flexibility index (Phi) is 4.43. The van der Waals surface area contributed by atoms with Gasteiger partial charge in [-0.2, -0.15) is 0 Å². The highest BCUT2D eigenvalue weighted by Crippen LogP contribution is 2.42. The van der Waals surface area contributed by atoms with Crippen molar-refractivity contribution >= 4 is 0 Å². The standard InChI is InChI=1S/C16H22F3N/c1-10-8-11(2)14(13(17)9-10)15(20-3)12-4-6-16(18,19)7-5-12/h8-9,12,15,20H,4-7H2,1-3H3. The third-order valence-corrected chi connectivity index (χ3v) is 4.34. The van der Waals surface area contributed by atoms with E-state index in [4.69, 9.17) is 0 Å². The van der Waals surface area contributed by atoms with Gasteiger partial charge in [-0.3, -0.25) is 0 Å². The number of benzene rings is 1. The molecular formula is C16H22F3N. The summed E-state index contributed by atoms with van der Waals surface area (Å²) in [5.41, 5.74) is 2.40. The summed E-state index contributed by atoms with van der Waals surface area (Å²) in [4.78, 5) is 0. The molecule has 0 aliphatic heterocycles. The molecule has 1 aliphatic carbocycles. The van der Waals surface area contributed by atoms with Crippen LogP contribution in [0.15, 0.2) is 12.1 Å². The molecule has 1 aliphatic rings. The Morgan fingerprint density at radius 2 is 1.80 bits per heavy atom. The zero-order valence-corrected chi connectivity index (χ0v) is 12.3. The predicted octanol–water partition coefficient (Wildman–Crippen LogP) is 4.53. The van der Waals surface area contributed by atoms with Crippen LogP contribution in [0.4, 0.5) is 13.2 Å². The SMILES string of the molecule is CNC(c1c(C)cc(C)cc1F)C1CCC(F)(F)CC1. The number of rotatable bonds is 3. The number of hydrogen-bond acceptors (Lipinski definition) is 1. The van der Waals surface area contributed by atoms with Gasteiger partial charge in [0.25, 0.3) is 0 Å². The fourth-order valence-electron chi connectivity index (χ4n) is 3.33. The van der Waals surface area contributed by atoms with Crippen LogP contribution in [-0.4, -0.2) is 13.0 Å². The molecule has 1 aromatic rings. The molecule has 1 aromatic carbocycles. The minimum atomic E-state index is -2.55. The van der Waals surface area contributed by atoms with E-state index in [1.54, 1.807) is 7.05 Å². The fraction of sp³-hybridized carbons (Fsp3) is 0.625. The lowest BCUT2D eigenvalue weighted by atomic mass is 9.78. The summed E-state index contributed by atoms with van der Waals surface area (Å²) in [6.45, 7) is 3.74. The first-order chi connectivity index (χ1) is 9.34. The molecule has 1 N–H and O–H groups in total. The van der Waals surface area contributed by atoms with Crippen molar-refractivity contribution in [1.82, 2.24) is 5.32 Å². The highest BCUT2D eigenvalue weighted by atomic mass is 19.3. The highest BCUT2D eigenvalue weighted by molar-refractivity contribution is 5.34. The third-order valence-electron chi connectivity index (χ3n) is 4.34. The number of nitrogens with one attached hydrogen (secondary N) is 1. The van der Waals surface area contributed by atoms with Gasteiger partial charge in [0.1, 0.15) is 5.82 Å². The largest absolute Gasteiger partial charge is 0.313 e. The van der Waals surface area contributed by atoms with Crippen molar-refractivity contribution in [3.8, 4) is 0 Å². The van der Waals surface area contributed by atoms with Gasteiger partial charge < -0.3 is 5.32 Å². The molecule has 1 fully saturated rings. The highest BCUT2D eigenvalue weighted by Gasteiger charge is 2.38. The molecule has 0 amide bonds. The summed E-state index contributed by atoms with van der Waals surface area (Å²) in [7, 11) is 1.77. The maximum atomic E-state index is 14.3. The molecule has 0 aromatic heterocycles. The van der Waals surface area contributed by atoms with Gasteiger partial charge in [0.2, 0.25) is 5.92 Å². The molecule has 0 heterocycles. The van der Waals surface area contributed by atoms with E-state index in [0.717, 1.165) is 11.1 Å². The fourth-order valence-corrected chi connectivity index (χ4v) is 3.33. The molecule has 0 saturated heterocycles. The van der Waals surface area contributed by atoms with E-state index in [9.17, 15) is 13.2 Å². The van der Waals surface area contributed by atoms with Gasteiger partial charge in [0.15, 0.2) is 0 Å². The summed E-state index contributed by atoms with van der Waals surface area (Å²) in [5.74, 6) is -2.72. The Labute approximate surface area is 118 Å². The smallest absolute Gasteiger partial charge is 0.248 e. The van der Waals surface area contributed by atoms with Crippen LogP contribution in [0.3, 0.4) is 0 Å². The van der Waals surface area contributed by atoms with E-state index in [1.807, 2.05) is 19.9 Å². The Morgan fingerprint density at radius 1 is 1.20 bits per heavy atom. The topological polar surface area (TPSA) is 12.0 Å². The third kappa shape index (κ3) is 3.17. The van der Waals surface area contributed by atoms with Crippen LogP contribution in [0.25, 0.3) is 0 Å². The van der Waals surface area contributed by atoms with E-state index in [0.29, 0.717) is 18.4 Å². The van der Waals surface area contributed by atoms with Crippen LogP contribution in [0, 0.1) is 25.6 Å². The van der Waals surface area contributed by atoms with E-state index >= 15 is 0 Å². The Balaban J connectivity index is 2.25. The van der Waals surface area contributed by atoms with Crippen LogP contribution >= 0.6 is 0 Å². The second-order valence-corrected chi connectivity index (χ2v) is 5.94. The quantitative estimate of drug-likeness (QED) is 0.860. The first-order valence-corrected chi connectivity index (χ1v) is 7.16. The molecule has 0 spiro atoms. The van der Waals surface area contributed by atoms with Crippen molar-refractivity contribution in [2.45, 2.75) is 51.5 Å². The van der Waals surface area contributed by atoms with Gasteiger partial charge in [-0.05, 0) is 56.8 Å². The molecule has 1 nitrogen and oxygen atoms in total. The van der Waals surface area contributed by atoms with E-state index < -0.39 is 5.92 Å². The van der Waals surface area contributed by atoms with Gasteiger partial charge in [-0.1, -0.05) is 6.07 Å². The maximum absolute atomic E-state index is 14.3. The molecule has 4 heteroatoms. The van der Waals surface area contributed by atoms with E-state index in [1.165, 1.54) is 6.07 Å². The van der Waals surface area contributed by atoms with Gasteiger partial charge in [0.05, 0.1) is 0 Å². The minimum Gasteiger partial charge on any atom is -0.313 e. The van der Waals surface area contributed by atoms with Crippen molar-refractivity contribution in [2.24, 2.45) is 5.92 Å². The minimum absolute atomic E-state index is 0.0653. The monoisotopic (exact) mass is 285 g/mol. The molecule has 0 bridgehead atoms. The van der Waals surface area contributed by atoms with Crippen LogP contribution in [0.2, 0.25) is 0 Å². The summed E-state index contributed by atoms with van der Waals surface area (Å²) < 4.78 is 40.8. The van der Waals surface area contributed by atoms with Crippen molar-refractivity contribution in [2.75, 3.05) is 7.05 Å². The van der Waals surface area contributed by atoms with E-state index in [2.05, 4.69) is 5.32 Å². The van der Waals surface area contributed by atoms with Crippen molar-refractivity contribution < 1.29 is 13.2 Å². The van der Waals surface area contributed by atoms with Gasteiger partial charge in [0, 0.05) is 24.4 Å². The molecular weight excluding hydrogens is 263 g/mol. The van der Waals surface area contributed by atoms with Gasteiger partial charge in [-0.25, -0.2) is 13.2 Å². The number of aryl methyl sites for hydroxylation is 2. The maximum Gasteiger partial charge on any atom is 0.248 e. The van der Waals surface area contributed by atoms with Crippen LogP contribution in [0.5, 0.6) is 0 Å². The average Bonchev–Trinajstić information content (AvgIpc) is 2.34. The molecule has 112 valence electrons. The molecule has 0 radical (unpaired) electrons. The number of halogens is 3.